The van der Waals surface area contributed by atoms with E-state index in [0.29, 0.717) is 0 Å². The van der Waals surface area contributed by atoms with Crippen molar-refractivity contribution in [3.05, 3.63) is 65.2 Å². The number of hydrogen-bond acceptors (Lipinski definition) is 2. The molecule has 2 aromatic rings. The zero-order valence-corrected chi connectivity index (χ0v) is 10.6. The van der Waals surface area contributed by atoms with Crippen molar-refractivity contribution in [3.8, 4) is 5.75 Å². The summed E-state index contributed by atoms with van der Waals surface area (Å²) in [7, 11) is 0. The van der Waals surface area contributed by atoms with Crippen molar-refractivity contribution >= 4 is 0 Å². The normalized spacial score (nSPS) is 12.2. The summed E-state index contributed by atoms with van der Waals surface area (Å²) in [5, 5.41) is 0. The maximum atomic E-state index is 13.5. The minimum Gasteiger partial charge on any atom is -0.481 e. The molecule has 1 unspecified atom stereocenters. The molecular weight excluding hydrogens is 248 g/mol. The highest BCUT2D eigenvalue weighted by Gasteiger charge is 2.15. The second-order valence-electron chi connectivity index (χ2n) is 4.30. The fourth-order valence-electron chi connectivity index (χ4n) is 1.76. The summed E-state index contributed by atoms with van der Waals surface area (Å²) in [5.74, 6) is -2.05. The molecule has 19 heavy (non-hydrogen) atoms. The van der Waals surface area contributed by atoms with Gasteiger partial charge in [0, 0.05) is 6.54 Å². The summed E-state index contributed by atoms with van der Waals surface area (Å²) in [6.07, 6.45) is -0.503. The lowest BCUT2D eigenvalue weighted by Crippen LogP contribution is -2.19. The van der Waals surface area contributed by atoms with Crippen molar-refractivity contribution in [1.29, 1.82) is 0 Å². The maximum absolute atomic E-state index is 13.5. The molecule has 2 nitrogen and oxygen atoms in total. The van der Waals surface area contributed by atoms with Gasteiger partial charge in [0.2, 0.25) is 5.82 Å². The van der Waals surface area contributed by atoms with Crippen LogP contribution in [0.3, 0.4) is 0 Å². The number of benzene rings is 2. The minimum atomic E-state index is -0.993. The molecule has 0 aliphatic rings. The zero-order valence-electron chi connectivity index (χ0n) is 10.6. The van der Waals surface area contributed by atoms with Gasteiger partial charge < -0.3 is 10.5 Å². The molecule has 2 rings (SSSR count). The van der Waals surface area contributed by atoms with E-state index in [1.807, 2.05) is 31.2 Å². The van der Waals surface area contributed by atoms with E-state index in [1.54, 1.807) is 0 Å². The maximum Gasteiger partial charge on any atom is 0.200 e. The van der Waals surface area contributed by atoms with E-state index < -0.39 is 17.7 Å². The quantitative estimate of drug-likeness (QED) is 0.918. The van der Waals surface area contributed by atoms with Crippen molar-refractivity contribution in [2.75, 3.05) is 6.54 Å². The summed E-state index contributed by atoms with van der Waals surface area (Å²) in [6.45, 7) is 2.15. The van der Waals surface area contributed by atoms with Crippen LogP contribution in [0.4, 0.5) is 8.78 Å². The SMILES string of the molecule is Cc1ccc(C(CN)Oc2cccc(F)c2F)cc1. The van der Waals surface area contributed by atoms with Gasteiger partial charge in [0.05, 0.1) is 0 Å². The standard InChI is InChI=1S/C15H15F2NO/c1-10-5-7-11(8-6-10)14(9-18)19-13-4-2-3-12(16)15(13)17/h2-8,14H,9,18H2,1H3. The van der Waals surface area contributed by atoms with Gasteiger partial charge in [-0.15, -0.1) is 0 Å². The Morgan fingerprint density at radius 3 is 2.42 bits per heavy atom. The van der Waals surface area contributed by atoms with E-state index in [-0.39, 0.29) is 12.3 Å². The minimum absolute atomic E-state index is 0.129. The topological polar surface area (TPSA) is 35.2 Å². The van der Waals surface area contributed by atoms with Crippen LogP contribution in [0.5, 0.6) is 5.75 Å². The van der Waals surface area contributed by atoms with Crippen molar-refractivity contribution in [2.45, 2.75) is 13.0 Å². The fourth-order valence-corrected chi connectivity index (χ4v) is 1.76. The molecule has 0 aromatic heterocycles. The van der Waals surface area contributed by atoms with Crippen LogP contribution in [0, 0.1) is 18.6 Å². The molecule has 0 saturated carbocycles. The first-order chi connectivity index (χ1) is 9.11. The Balaban J connectivity index is 2.24. The molecule has 0 radical (unpaired) electrons. The van der Waals surface area contributed by atoms with Crippen molar-refractivity contribution in [3.63, 3.8) is 0 Å². The predicted molar refractivity (Wildman–Crippen MR) is 70.0 cm³/mol. The zero-order chi connectivity index (χ0) is 13.8. The van der Waals surface area contributed by atoms with Gasteiger partial charge in [-0.05, 0) is 24.6 Å². The molecule has 0 bridgehead atoms. The summed E-state index contributed by atoms with van der Waals surface area (Å²) < 4.78 is 32.1. The first kappa shape index (κ1) is 13.5. The van der Waals surface area contributed by atoms with Crippen LogP contribution < -0.4 is 10.5 Å². The van der Waals surface area contributed by atoms with Gasteiger partial charge in [0.1, 0.15) is 6.10 Å². The van der Waals surface area contributed by atoms with Crippen LogP contribution in [-0.2, 0) is 0 Å². The van der Waals surface area contributed by atoms with E-state index in [0.717, 1.165) is 17.2 Å². The highest BCUT2D eigenvalue weighted by atomic mass is 19.2. The lowest BCUT2D eigenvalue weighted by Gasteiger charge is -2.18. The Kier molecular flexibility index (Phi) is 4.12. The van der Waals surface area contributed by atoms with Gasteiger partial charge in [0.15, 0.2) is 11.6 Å². The second-order valence-corrected chi connectivity index (χ2v) is 4.30. The average molecular weight is 263 g/mol. The van der Waals surface area contributed by atoms with Crippen molar-refractivity contribution in [1.82, 2.24) is 0 Å². The molecule has 2 N–H and O–H groups in total. The lowest BCUT2D eigenvalue weighted by atomic mass is 10.1. The molecular formula is C15H15F2NO. The number of aryl methyl sites for hydroxylation is 1. The van der Waals surface area contributed by atoms with Crippen LogP contribution in [0.2, 0.25) is 0 Å². The van der Waals surface area contributed by atoms with Gasteiger partial charge in [0.25, 0.3) is 0 Å². The monoisotopic (exact) mass is 263 g/mol. The largest absolute Gasteiger partial charge is 0.481 e. The van der Waals surface area contributed by atoms with Crippen LogP contribution in [0.15, 0.2) is 42.5 Å². The molecule has 0 fully saturated rings. The molecule has 0 heterocycles. The Labute approximate surface area is 110 Å². The molecule has 0 aliphatic heterocycles. The van der Waals surface area contributed by atoms with Crippen molar-refractivity contribution in [2.24, 2.45) is 5.73 Å². The fraction of sp³-hybridized carbons (Fsp3) is 0.200. The number of nitrogens with two attached hydrogens (primary N) is 1. The Morgan fingerprint density at radius 2 is 1.79 bits per heavy atom. The lowest BCUT2D eigenvalue weighted by molar-refractivity contribution is 0.202. The van der Waals surface area contributed by atoms with Gasteiger partial charge in [-0.1, -0.05) is 35.9 Å². The van der Waals surface area contributed by atoms with E-state index >= 15 is 0 Å². The highest BCUT2D eigenvalue weighted by Crippen LogP contribution is 2.25. The van der Waals surface area contributed by atoms with Gasteiger partial charge in [-0.3, -0.25) is 0 Å². The number of hydrogen-bond donors (Lipinski definition) is 1. The Morgan fingerprint density at radius 1 is 1.11 bits per heavy atom. The molecule has 1 atom stereocenters. The molecule has 0 saturated heterocycles. The Bertz CT molecular complexity index is 555. The summed E-state index contributed by atoms with van der Waals surface area (Å²) >= 11 is 0. The Hall–Kier alpha value is -1.94. The average Bonchev–Trinajstić information content (AvgIpc) is 2.42. The smallest absolute Gasteiger partial charge is 0.200 e. The number of ether oxygens (including phenoxy) is 1. The summed E-state index contributed by atoms with van der Waals surface area (Å²) in [5.41, 5.74) is 7.58. The first-order valence-corrected chi connectivity index (χ1v) is 5.99. The molecule has 0 spiro atoms. The first-order valence-electron chi connectivity index (χ1n) is 5.99. The third-order valence-corrected chi connectivity index (χ3v) is 2.85. The third-order valence-electron chi connectivity index (χ3n) is 2.85. The van der Waals surface area contributed by atoms with Crippen molar-refractivity contribution < 1.29 is 13.5 Å². The molecule has 0 aliphatic carbocycles. The summed E-state index contributed by atoms with van der Waals surface area (Å²) in [4.78, 5) is 0. The van der Waals surface area contributed by atoms with Crippen LogP contribution >= 0.6 is 0 Å². The van der Waals surface area contributed by atoms with Crippen LogP contribution in [0.25, 0.3) is 0 Å². The van der Waals surface area contributed by atoms with Gasteiger partial charge in [-0.25, -0.2) is 4.39 Å². The molecule has 4 heteroatoms. The third kappa shape index (κ3) is 3.09. The molecule has 2 aromatic carbocycles. The molecule has 100 valence electrons. The predicted octanol–water partition coefficient (Wildman–Crippen LogP) is 3.35. The van der Waals surface area contributed by atoms with Gasteiger partial charge >= 0.3 is 0 Å². The van der Waals surface area contributed by atoms with E-state index in [9.17, 15) is 8.78 Å². The van der Waals surface area contributed by atoms with Crippen LogP contribution in [0.1, 0.15) is 17.2 Å². The van der Waals surface area contributed by atoms with E-state index in [2.05, 4.69) is 0 Å². The second kappa shape index (κ2) is 5.80. The van der Waals surface area contributed by atoms with Gasteiger partial charge in [-0.2, -0.15) is 4.39 Å². The summed E-state index contributed by atoms with van der Waals surface area (Å²) in [6, 6.07) is 11.4. The molecule has 0 amide bonds. The van der Waals surface area contributed by atoms with E-state index in [4.69, 9.17) is 10.5 Å². The highest BCUT2D eigenvalue weighted by molar-refractivity contribution is 5.28. The number of halogens is 2. The van der Waals surface area contributed by atoms with Crippen LogP contribution in [-0.4, -0.2) is 6.54 Å². The number of rotatable bonds is 4. The van der Waals surface area contributed by atoms with E-state index in [1.165, 1.54) is 12.1 Å².